The van der Waals surface area contributed by atoms with Crippen molar-refractivity contribution in [3.05, 3.63) is 56.2 Å². The van der Waals surface area contributed by atoms with E-state index < -0.39 is 0 Å². The van der Waals surface area contributed by atoms with Gasteiger partial charge in [-0.1, -0.05) is 28.1 Å². The zero-order valence-electron chi connectivity index (χ0n) is 13.4. The molecule has 0 spiro atoms. The SMILES string of the molecule is C[C@H](NC(=O)C[NH+]1CCc2sccc2[C@H]1C)c1ccc(Br)cc1. The van der Waals surface area contributed by atoms with Gasteiger partial charge < -0.3 is 10.2 Å². The third-order valence-electron chi connectivity index (χ3n) is 4.67. The fourth-order valence-corrected chi connectivity index (χ4v) is 4.47. The Morgan fingerprint density at radius 3 is 2.87 bits per heavy atom. The Balaban J connectivity index is 1.58. The summed E-state index contributed by atoms with van der Waals surface area (Å²) in [5.41, 5.74) is 2.55. The molecule has 0 aliphatic carbocycles. The van der Waals surface area contributed by atoms with Crippen molar-refractivity contribution in [2.45, 2.75) is 32.4 Å². The van der Waals surface area contributed by atoms with Gasteiger partial charge >= 0.3 is 0 Å². The molecule has 0 saturated heterocycles. The molecular formula is C18H22BrN2OS+. The summed E-state index contributed by atoms with van der Waals surface area (Å²) < 4.78 is 1.05. The molecule has 2 heterocycles. The summed E-state index contributed by atoms with van der Waals surface area (Å²) in [6.07, 6.45) is 1.09. The molecule has 0 bridgehead atoms. The number of hydrogen-bond acceptors (Lipinski definition) is 2. The molecule has 1 amide bonds. The molecule has 5 heteroatoms. The second kappa shape index (κ2) is 7.16. The lowest BCUT2D eigenvalue weighted by Crippen LogP contribution is -3.14. The second-order valence-electron chi connectivity index (χ2n) is 6.20. The van der Waals surface area contributed by atoms with Crippen LogP contribution in [0.25, 0.3) is 0 Å². The van der Waals surface area contributed by atoms with Crippen LogP contribution in [0.2, 0.25) is 0 Å². The van der Waals surface area contributed by atoms with Gasteiger partial charge in [-0.2, -0.15) is 0 Å². The molecule has 1 aliphatic rings. The Kier molecular flexibility index (Phi) is 5.19. The van der Waals surface area contributed by atoms with E-state index in [1.165, 1.54) is 15.3 Å². The summed E-state index contributed by atoms with van der Waals surface area (Å²) in [5.74, 6) is 0.126. The Hall–Kier alpha value is -1.17. The van der Waals surface area contributed by atoms with Crippen molar-refractivity contribution in [2.24, 2.45) is 0 Å². The maximum atomic E-state index is 12.4. The molecule has 2 N–H and O–H groups in total. The Morgan fingerprint density at radius 2 is 2.13 bits per heavy atom. The van der Waals surface area contributed by atoms with Crippen molar-refractivity contribution in [1.29, 1.82) is 0 Å². The number of amides is 1. The summed E-state index contributed by atoms with van der Waals surface area (Å²) >= 11 is 5.28. The summed E-state index contributed by atoms with van der Waals surface area (Å²) in [7, 11) is 0. The molecular weight excluding hydrogens is 372 g/mol. The number of nitrogens with one attached hydrogen (secondary N) is 2. The van der Waals surface area contributed by atoms with Gasteiger partial charge in [-0.05, 0) is 43.0 Å². The highest BCUT2D eigenvalue weighted by atomic mass is 79.9. The van der Waals surface area contributed by atoms with E-state index >= 15 is 0 Å². The summed E-state index contributed by atoms with van der Waals surface area (Å²) in [5, 5.41) is 5.30. The van der Waals surface area contributed by atoms with Gasteiger partial charge in [-0.15, -0.1) is 11.3 Å². The first kappa shape index (κ1) is 16.7. The van der Waals surface area contributed by atoms with Gasteiger partial charge in [-0.25, -0.2) is 0 Å². The van der Waals surface area contributed by atoms with E-state index in [0.717, 1.165) is 23.0 Å². The standard InChI is InChI=1S/C18H21BrN2OS/c1-12(14-3-5-15(19)6-4-14)20-18(22)11-21-9-7-17-16(13(21)2)8-10-23-17/h3-6,8,10,12-13H,7,9,11H2,1-2H3,(H,20,22)/p+1/t12-,13+/m0/s1. The van der Waals surface area contributed by atoms with Gasteiger partial charge in [0.1, 0.15) is 6.04 Å². The van der Waals surface area contributed by atoms with Gasteiger partial charge in [-0.3, -0.25) is 4.79 Å². The van der Waals surface area contributed by atoms with Crippen molar-refractivity contribution >= 4 is 33.2 Å². The smallest absolute Gasteiger partial charge is 0.275 e. The largest absolute Gasteiger partial charge is 0.345 e. The fraction of sp³-hybridized carbons (Fsp3) is 0.389. The van der Waals surface area contributed by atoms with E-state index in [9.17, 15) is 4.79 Å². The van der Waals surface area contributed by atoms with Crippen LogP contribution >= 0.6 is 27.3 Å². The molecule has 0 saturated carbocycles. The Labute approximate surface area is 149 Å². The predicted octanol–water partition coefficient (Wildman–Crippen LogP) is 2.89. The van der Waals surface area contributed by atoms with E-state index in [0.29, 0.717) is 12.6 Å². The van der Waals surface area contributed by atoms with Gasteiger partial charge in [0.05, 0.1) is 12.6 Å². The number of hydrogen-bond donors (Lipinski definition) is 2. The molecule has 1 aromatic heterocycles. The van der Waals surface area contributed by atoms with Crippen molar-refractivity contribution in [3.8, 4) is 0 Å². The zero-order chi connectivity index (χ0) is 16.4. The second-order valence-corrected chi connectivity index (χ2v) is 8.11. The zero-order valence-corrected chi connectivity index (χ0v) is 15.8. The van der Waals surface area contributed by atoms with Gasteiger partial charge in [0.2, 0.25) is 0 Å². The third-order valence-corrected chi connectivity index (χ3v) is 6.19. The highest BCUT2D eigenvalue weighted by Gasteiger charge is 2.29. The summed E-state index contributed by atoms with van der Waals surface area (Å²) in [6, 6.07) is 10.8. The van der Waals surface area contributed by atoms with E-state index in [1.54, 1.807) is 0 Å². The third kappa shape index (κ3) is 3.84. The molecule has 1 aliphatic heterocycles. The molecule has 3 nitrogen and oxygen atoms in total. The van der Waals surface area contributed by atoms with E-state index in [-0.39, 0.29) is 11.9 Å². The van der Waals surface area contributed by atoms with Gasteiger partial charge in [0, 0.05) is 21.3 Å². The summed E-state index contributed by atoms with van der Waals surface area (Å²) in [4.78, 5) is 15.3. The average Bonchev–Trinajstić information content (AvgIpc) is 3.00. The molecule has 122 valence electrons. The molecule has 0 radical (unpaired) electrons. The minimum Gasteiger partial charge on any atom is -0.345 e. The van der Waals surface area contributed by atoms with Gasteiger partial charge in [0.25, 0.3) is 5.91 Å². The summed E-state index contributed by atoms with van der Waals surface area (Å²) in [6.45, 7) is 5.84. The lowest BCUT2D eigenvalue weighted by Gasteiger charge is -2.30. The topological polar surface area (TPSA) is 33.5 Å². The molecule has 3 atom stereocenters. The minimum atomic E-state index is 0.0341. The molecule has 23 heavy (non-hydrogen) atoms. The number of halogens is 1. The quantitative estimate of drug-likeness (QED) is 0.822. The fourth-order valence-electron chi connectivity index (χ4n) is 3.23. The van der Waals surface area contributed by atoms with Crippen LogP contribution < -0.4 is 10.2 Å². The highest BCUT2D eigenvalue weighted by Crippen LogP contribution is 2.24. The Morgan fingerprint density at radius 1 is 1.39 bits per heavy atom. The predicted molar refractivity (Wildman–Crippen MR) is 97.8 cm³/mol. The number of carbonyl (C=O) groups is 1. The number of fused-ring (bicyclic) bond motifs is 1. The van der Waals surface area contributed by atoms with Crippen LogP contribution in [0.5, 0.6) is 0 Å². The van der Waals surface area contributed by atoms with Crippen molar-refractivity contribution in [3.63, 3.8) is 0 Å². The number of rotatable bonds is 4. The van der Waals surface area contributed by atoms with Crippen LogP contribution in [0.4, 0.5) is 0 Å². The van der Waals surface area contributed by atoms with Crippen LogP contribution in [0, 0.1) is 0 Å². The van der Waals surface area contributed by atoms with Crippen molar-refractivity contribution < 1.29 is 9.69 Å². The van der Waals surface area contributed by atoms with Crippen LogP contribution in [-0.4, -0.2) is 19.0 Å². The van der Waals surface area contributed by atoms with E-state index in [1.807, 2.05) is 42.5 Å². The van der Waals surface area contributed by atoms with Crippen LogP contribution in [0.1, 0.15) is 41.9 Å². The van der Waals surface area contributed by atoms with Crippen LogP contribution in [0.3, 0.4) is 0 Å². The number of thiophene rings is 1. The maximum Gasteiger partial charge on any atom is 0.275 e. The number of quaternary nitrogens is 1. The first-order valence-electron chi connectivity index (χ1n) is 8.00. The minimum absolute atomic E-state index is 0.0341. The molecule has 3 rings (SSSR count). The first-order chi connectivity index (χ1) is 11.0. The normalized spacial score (nSPS) is 21.5. The number of carbonyl (C=O) groups excluding carboxylic acids is 1. The molecule has 1 unspecified atom stereocenters. The molecule has 1 aromatic carbocycles. The lowest BCUT2D eigenvalue weighted by atomic mass is 10.0. The Bertz CT molecular complexity index is 683. The van der Waals surface area contributed by atoms with E-state index in [2.05, 4.69) is 39.6 Å². The first-order valence-corrected chi connectivity index (χ1v) is 9.67. The van der Waals surface area contributed by atoms with Crippen molar-refractivity contribution in [1.82, 2.24) is 5.32 Å². The maximum absolute atomic E-state index is 12.4. The van der Waals surface area contributed by atoms with Crippen LogP contribution in [-0.2, 0) is 11.2 Å². The molecule has 2 aromatic rings. The molecule has 0 fully saturated rings. The van der Waals surface area contributed by atoms with Crippen molar-refractivity contribution in [2.75, 3.05) is 13.1 Å². The van der Waals surface area contributed by atoms with E-state index in [4.69, 9.17) is 0 Å². The monoisotopic (exact) mass is 393 g/mol. The number of benzene rings is 1. The van der Waals surface area contributed by atoms with Crippen LogP contribution in [0.15, 0.2) is 40.2 Å². The highest BCUT2D eigenvalue weighted by molar-refractivity contribution is 9.10. The lowest BCUT2D eigenvalue weighted by molar-refractivity contribution is -0.924. The average molecular weight is 394 g/mol. The van der Waals surface area contributed by atoms with Gasteiger partial charge in [0.15, 0.2) is 6.54 Å².